The highest BCUT2D eigenvalue weighted by atomic mass is 35.5. The Morgan fingerprint density at radius 3 is 2.26 bits per heavy atom. The predicted molar refractivity (Wildman–Crippen MR) is 108 cm³/mol. The Morgan fingerprint density at radius 2 is 1.59 bits per heavy atom. The molecule has 1 heterocycles. The molecule has 2 aromatic carbocycles. The van der Waals surface area contributed by atoms with Crippen LogP contribution in [0, 0.1) is 0 Å². The molecule has 2 aromatic rings. The van der Waals surface area contributed by atoms with Crippen molar-refractivity contribution in [2.24, 2.45) is 0 Å². The average Bonchev–Trinajstić information content (AvgIpc) is 2.70. The summed E-state index contributed by atoms with van der Waals surface area (Å²) in [5, 5.41) is 3.60. The highest BCUT2D eigenvalue weighted by Crippen LogP contribution is 2.14. The minimum absolute atomic E-state index is 0.0167. The van der Waals surface area contributed by atoms with Crippen molar-refractivity contribution in [2.75, 3.05) is 13.1 Å². The van der Waals surface area contributed by atoms with Gasteiger partial charge in [0.15, 0.2) is 0 Å². The molecule has 0 radical (unpaired) electrons. The molecule has 0 aromatic heterocycles. The molecule has 0 spiro atoms. The van der Waals surface area contributed by atoms with E-state index in [1.807, 2.05) is 47.4 Å². The highest BCUT2D eigenvalue weighted by Gasteiger charge is 2.27. The minimum atomic E-state index is -0.537. The van der Waals surface area contributed by atoms with Crippen LogP contribution in [0.1, 0.15) is 30.4 Å². The van der Waals surface area contributed by atoms with Crippen LogP contribution in [0.15, 0.2) is 54.6 Å². The van der Waals surface area contributed by atoms with Crippen LogP contribution >= 0.6 is 11.6 Å². The summed E-state index contributed by atoms with van der Waals surface area (Å²) >= 11 is 5.90. The molecular weight excluding hydrogens is 360 g/mol. The van der Waals surface area contributed by atoms with Crippen LogP contribution in [0.3, 0.4) is 0 Å². The topological polar surface area (TPSA) is 49.4 Å². The molecule has 1 saturated heterocycles. The molecule has 142 valence electrons. The Hall–Kier alpha value is -2.33. The second kappa shape index (κ2) is 9.56. The summed E-state index contributed by atoms with van der Waals surface area (Å²) in [6, 6.07) is 16.5. The predicted octanol–water partition coefficient (Wildman–Crippen LogP) is 3.62. The van der Waals surface area contributed by atoms with Crippen molar-refractivity contribution in [1.82, 2.24) is 10.2 Å². The molecular formula is C22H25ClN2O2. The molecule has 3 rings (SSSR count). The second-order valence-electron chi connectivity index (χ2n) is 7.00. The van der Waals surface area contributed by atoms with Gasteiger partial charge in [-0.15, -0.1) is 0 Å². The molecule has 0 saturated carbocycles. The van der Waals surface area contributed by atoms with Gasteiger partial charge < -0.3 is 10.2 Å². The number of hydrogen-bond donors (Lipinski definition) is 1. The number of likely N-dealkylation sites (tertiary alicyclic amines) is 1. The fraction of sp³-hybridized carbons (Fsp3) is 0.364. The van der Waals surface area contributed by atoms with Gasteiger partial charge >= 0.3 is 0 Å². The van der Waals surface area contributed by atoms with Gasteiger partial charge in [0.2, 0.25) is 11.8 Å². The lowest BCUT2D eigenvalue weighted by Crippen LogP contribution is -2.51. The Morgan fingerprint density at radius 1 is 0.926 bits per heavy atom. The first-order valence-electron chi connectivity index (χ1n) is 9.48. The van der Waals surface area contributed by atoms with Gasteiger partial charge in [0.25, 0.3) is 0 Å². The van der Waals surface area contributed by atoms with E-state index in [0.717, 1.165) is 43.5 Å². The first kappa shape index (κ1) is 19.4. The van der Waals surface area contributed by atoms with Crippen LogP contribution in [-0.4, -0.2) is 35.8 Å². The molecule has 1 aliphatic heterocycles. The Kier molecular flexibility index (Phi) is 6.88. The van der Waals surface area contributed by atoms with Gasteiger partial charge in [-0.25, -0.2) is 0 Å². The molecule has 0 unspecified atom stereocenters. The summed E-state index contributed by atoms with van der Waals surface area (Å²) in [6.45, 7) is 1.55. The van der Waals surface area contributed by atoms with E-state index in [-0.39, 0.29) is 18.2 Å². The minimum Gasteiger partial charge on any atom is -0.344 e. The largest absolute Gasteiger partial charge is 0.344 e. The van der Waals surface area contributed by atoms with Gasteiger partial charge in [0, 0.05) is 24.5 Å². The highest BCUT2D eigenvalue weighted by molar-refractivity contribution is 6.30. The molecule has 0 aliphatic carbocycles. The van der Waals surface area contributed by atoms with Gasteiger partial charge in [0.05, 0.1) is 6.42 Å². The average molecular weight is 385 g/mol. The van der Waals surface area contributed by atoms with Gasteiger partial charge in [-0.1, -0.05) is 54.1 Å². The Balaban J connectivity index is 1.69. The number of benzene rings is 2. The van der Waals surface area contributed by atoms with Crippen molar-refractivity contribution in [3.05, 3.63) is 70.7 Å². The van der Waals surface area contributed by atoms with Crippen molar-refractivity contribution in [3.8, 4) is 0 Å². The van der Waals surface area contributed by atoms with E-state index in [2.05, 4.69) is 5.32 Å². The molecule has 1 N–H and O–H groups in total. The van der Waals surface area contributed by atoms with Crippen molar-refractivity contribution in [2.45, 2.75) is 38.1 Å². The van der Waals surface area contributed by atoms with Gasteiger partial charge in [-0.2, -0.15) is 0 Å². The quantitative estimate of drug-likeness (QED) is 0.826. The van der Waals surface area contributed by atoms with Crippen molar-refractivity contribution in [3.63, 3.8) is 0 Å². The number of piperidine rings is 1. The van der Waals surface area contributed by atoms with Crippen LogP contribution in [0.4, 0.5) is 0 Å². The van der Waals surface area contributed by atoms with Crippen LogP contribution in [0.2, 0.25) is 5.02 Å². The van der Waals surface area contributed by atoms with Gasteiger partial charge in [-0.05, 0) is 42.5 Å². The fourth-order valence-electron chi connectivity index (χ4n) is 3.42. The SMILES string of the molecule is O=C(Cc1ccc(Cl)cc1)N[C@@H](Cc1ccccc1)C(=O)N1CCCCC1. The monoisotopic (exact) mass is 384 g/mol. The van der Waals surface area contributed by atoms with Gasteiger partial charge in [-0.3, -0.25) is 9.59 Å². The molecule has 0 bridgehead atoms. The lowest BCUT2D eigenvalue weighted by Gasteiger charge is -2.31. The standard InChI is InChI=1S/C22H25ClN2O2/c23-19-11-9-18(10-12-19)16-21(26)24-20(15-17-7-3-1-4-8-17)22(27)25-13-5-2-6-14-25/h1,3-4,7-12,20H,2,5-6,13-16H2,(H,24,26)/t20-/m0/s1. The molecule has 1 aliphatic rings. The summed E-state index contributed by atoms with van der Waals surface area (Å²) in [5.41, 5.74) is 1.92. The van der Waals surface area contributed by atoms with E-state index < -0.39 is 6.04 Å². The number of hydrogen-bond acceptors (Lipinski definition) is 2. The van der Waals surface area contributed by atoms with Crippen molar-refractivity contribution in [1.29, 1.82) is 0 Å². The zero-order valence-electron chi connectivity index (χ0n) is 15.4. The summed E-state index contributed by atoms with van der Waals surface area (Å²) < 4.78 is 0. The van der Waals surface area contributed by atoms with E-state index in [9.17, 15) is 9.59 Å². The number of halogens is 1. The first-order chi connectivity index (χ1) is 13.1. The number of rotatable bonds is 6. The summed E-state index contributed by atoms with van der Waals surface area (Å²) in [5.74, 6) is -0.133. The van der Waals surface area contributed by atoms with Crippen LogP contribution < -0.4 is 5.32 Å². The maximum absolute atomic E-state index is 13.0. The first-order valence-corrected chi connectivity index (χ1v) is 9.86. The summed E-state index contributed by atoms with van der Waals surface area (Å²) in [4.78, 5) is 27.5. The third-order valence-electron chi connectivity index (χ3n) is 4.86. The smallest absolute Gasteiger partial charge is 0.245 e. The Bertz CT molecular complexity index is 756. The molecule has 1 atom stereocenters. The zero-order chi connectivity index (χ0) is 19.1. The van der Waals surface area contributed by atoms with Crippen molar-refractivity contribution >= 4 is 23.4 Å². The van der Waals surface area contributed by atoms with Crippen LogP contribution in [-0.2, 0) is 22.4 Å². The maximum atomic E-state index is 13.0. The normalized spacial score (nSPS) is 15.2. The third-order valence-corrected chi connectivity index (χ3v) is 5.11. The molecule has 5 heteroatoms. The second-order valence-corrected chi connectivity index (χ2v) is 7.44. The van der Waals surface area contributed by atoms with E-state index in [1.165, 1.54) is 0 Å². The fourth-order valence-corrected chi connectivity index (χ4v) is 3.54. The zero-order valence-corrected chi connectivity index (χ0v) is 16.1. The van der Waals surface area contributed by atoms with E-state index in [1.54, 1.807) is 12.1 Å². The molecule has 2 amide bonds. The number of carbonyl (C=O) groups is 2. The third kappa shape index (κ3) is 5.83. The van der Waals surface area contributed by atoms with Gasteiger partial charge in [0.1, 0.15) is 6.04 Å². The lowest BCUT2D eigenvalue weighted by atomic mass is 10.0. The number of nitrogens with one attached hydrogen (secondary N) is 1. The summed E-state index contributed by atoms with van der Waals surface area (Å²) in [7, 11) is 0. The van der Waals surface area contributed by atoms with Crippen LogP contribution in [0.25, 0.3) is 0 Å². The van der Waals surface area contributed by atoms with Crippen LogP contribution in [0.5, 0.6) is 0 Å². The summed E-state index contributed by atoms with van der Waals surface area (Å²) in [6.07, 6.45) is 3.96. The molecule has 4 nitrogen and oxygen atoms in total. The lowest BCUT2D eigenvalue weighted by molar-refractivity contribution is -0.137. The number of nitrogens with zero attached hydrogens (tertiary/aromatic N) is 1. The maximum Gasteiger partial charge on any atom is 0.245 e. The van der Waals surface area contributed by atoms with E-state index in [0.29, 0.717) is 11.4 Å². The molecule has 27 heavy (non-hydrogen) atoms. The van der Waals surface area contributed by atoms with E-state index in [4.69, 9.17) is 11.6 Å². The van der Waals surface area contributed by atoms with E-state index >= 15 is 0 Å². The Labute approximate surface area is 165 Å². The molecule has 1 fully saturated rings. The number of amides is 2. The van der Waals surface area contributed by atoms with Crippen molar-refractivity contribution < 1.29 is 9.59 Å². The number of carbonyl (C=O) groups excluding carboxylic acids is 2.